The van der Waals surface area contributed by atoms with Crippen LogP contribution in [0, 0.1) is 5.82 Å². The van der Waals surface area contributed by atoms with Crippen LogP contribution in [0.25, 0.3) is 11.3 Å². The van der Waals surface area contributed by atoms with Gasteiger partial charge in [-0.1, -0.05) is 12.1 Å². The second-order valence-electron chi connectivity index (χ2n) is 6.56. The molecular weight excluding hydrogens is 361 g/mol. The van der Waals surface area contributed by atoms with Crippen molar-refractivity contribution in [3.05, 3.63) is 69.9 Å². The van der Waals surface area contributed by atoms with E-state index in [9.17, 15) is 9.18 Å². The fourth-order valence-electron chi connectivity index (χ4n) is 3.43. The Morgan fingerprint density at radius 2 is 1.82 bits per heavy atom. The molecule has 2 heterocycles. The van der Waals surface area contributed by atoms with E-state index in [0.29, 0.717) is 36.8 Å². The van der Waals surface area contributed by atoms with Crippen LogP contribution in [0.2, 0.25) is 0 Å². The Bertz CT molecular complexity index is 1080. The first kappa shape index (κ1) is 18.0. The number of aryl methyl sites for hydroxylation is 1. The fraction of sp³-hybridized carbons (Fsp3) is 0.238. The zero-order valence-corrected chi connectivity index (χ0v) is 15.7. The number of aromatic nitrogens is 2. The minimum Gasteiger partial charge on any atom is -0.493 e. The molecule has 0 aliphatic carbocycles. The van der Waals surface area contributed by atoms with E-state index in [4.69, 9.17) is 9.47 Å². The summed E-state index contributed by atoms with van der Waals surface area (Å²) in [5, 5.41) is 3.15. The Kier molecular flexibility index (Phi) is 4.73. The van der Waals surface area contributed by atoms with Crippen molar-refractivity contribution < 1.29 is 13.9 Å². The summed E-state index contributed by atoms with van der Waals surface area (Å²) in [6, 6.07) is 11.9. The quantitative estimate of drug-likeness (QED) is 0.735. The van der Waals surface area contributed by atoms with Crippen LogP contribution in [-0.2, 0) is 19.5 Å². The van der Waals surface area contributed by atoms with E-state index in [2.05, 4.69) is 10.3 Å². The van der Waals surface area contributed by atoms with Gasteiger partial charge >= 0.3 is 5.69 Å². The van der Waals surface area contributed by atoms with Gasteiger partial charge in [-0.25, -0.2) is 9.18 Å². The minimum atomic E-state index is -0.306. The Hall–Kier alpha value is -3.35. The van der Waals surface area contributed by atoms with E-state index in [-0.39, 0.29) is 11.5 Å². The molecule has 1 aliphatic rings. The first-order valence-corrected chi connectivity index (χ1v) is 8.94. The van der Waals surface area contributed by atoms with Gasteiger partial charge in [0.2, 0.25) is 0 Å². The standard InChI is InChI=1S/C21H20FN3O3/c1-27-18-9-14-7-8-25-17(16(14)10-19(18)28-2)11-20(24-21(25)26)23-12-13-3-5-15(22)6-4-13/h3-6,9-11H,7-8,12H2,1-2H3,(H,23,24,26). The maximum atomic E-state index is 13.1. The Balaban J connectivity index is 1.70. The van der Waals surface area contributed by atoms with Gasteiger partial charge in [-0.3, -0.25) is 4.57 Å². The van der Waals surface area contributed by atoms with Gasteiger partial charge < -0.3 is 14.8 Å². The van der Waals surface area contributed by atoms with Crippen LogP contribution in [0.5, 0.6) is 11.5 Å². The summed E-state index contributed by atoms with van der Waals surface area (Å²) in [6.45, 7) is 0.997. The summed E-state index contributed by atoms with van der Waals surface area (Å²) in [5.41, 5.74) is 3.39. The Labute approximate surface area is 161 Å². The van der Waals surface area contributed by atoms with E-state index in [1.165, 1.54) is 12.1 Å². The van der Waals surface area contributed by atoms with Crippen molar-refractivity contribution in [3.8, 4) is 22.8 Å². The smallest absolute Gasteiger partial charge is 0.349 e. The second kappa shape index (κ2) is 7.34. The molecular formula is C21H20FN3O3. The normalized spacial score (nSPS) is 12.1. The van der Waals surface area contributed by atoms with E-state index in [1.807, 2.05) is 18.2 Å². The molecule has 0 atom stereocenters. The van der Waals surface area contributed by atoms with Crippen molar-refractivity contribution in [2.24, 2.45) is 0 Å². The van der Waals surface area contributed by atoms with Crippen LogP contribution in [-0.4, -0.2) is 23.8 Å². The third kappa shape index (κ3) is 3.31. The van der Waals surface area contributed by atoms with E-state index in [1.54, 1.807) is 30.9 Å². The number of methoxy groups -OCH3 is 2. The molecule has 0 fully saturated rings. The Morgan fingerprint density at radius 1 is 1.11 bits per heavy atom. The lowest BCUT2D eigenvalue weighted by Gasteiger charge is -2.23. The van der Waals surface area contributed by atoms with Crippen molar-refractivity contribution >= 4 is 5.82 Å². The third-order valence-electron chi connectivity index (χ3n) is 4.89. The molecule has 0 unspecified atom stereocenters. The maximum Gasteiger partial charge on any atom is 0.349 e. The second-order valence-corrected chi connectivity index (χ2v) is 6.56. The predicted octanol–water partition coefficient (Wildman–Crippen LogP) is 3.23. The molecule has 1 N–H and O–H groups in total. The zero-order valence-electron chi connectivity index (χ0n) is 15.7. The average Bonchev–Trinajstić information content (AvgIpc) is 2.72. The number of hydrogen-bond donors (Lipinski definition) is 1. The number of nitrogens with zero attached hydrogens (tertiary/aromatic N) is 2. The summed E-state index contributed by atoms with van der Waals surface area (Å²) in [7, 11) is 3.19. The number of hydrogen-bond acceptors (Lipinski definition) is 5. The molecule has 0 radical (unpaired) electrons. The van der Waals surface area contributed by atoms with Gasteiger partial charge in [0.05, 0.1) is 19.9 Å². The summed E-state index contributed by atoms with van der Waals surface area (Å²) in [6.07, 6.45) is 0.715. The highest BCUT2D eigenvalue weighted by molar-refractivity contribution is 5.71. The van der Waals surface area contributed by atoms with Gasteiger partial charge in [0, 0.05) is 24.7 Å². The number of rotatable bonds is 5. The van der Waals surface area contributed by atoms with Gasteiger partial charge in [-0.05, 0) is 41.8 Å². The van der Waals surface area contributed by atoms with Crippen molar-refractivity contribution in [1.82, 2.24) is 9.55 Å². The lowest BCUT2D eigenvalue weighted by Crippen LogP contribution is -2.29. The van der Waals surface area contributed by atoms with Crippen LogP contribution < -0.4 is 20.5 Å². The van der Waals surface area contributed by atoms with Crippen molar-refractivity contribution in [3.63, 3.8) is 0 Å². The summed E-state index contributed by atoms with van der Waals surface area (Å²) in [4.78, 5) is 16.7. The van der Waals surface area contributed by atoms with Gasteiger partial charge in [-0.2, -0.15) is 4.98 Å². The highest BCUT2D eigenvalue weighted by Gasteiger charge is 2.21. The van der Waals surface area contributed by atoms with Crippen LogP contribution >= 0.6 is 0 Å². The molecule has 1 aliphatic heterocycles. The fourth-order valence-corrected chi connectivity index (χ4v) is 3.43. The molecule has 7 heteroatoms. The number of nitrogens with one attached hydrogen (secondary N) is 1. The summed E-state index contributed by atoms with van der Waals surface area (Å²) >= 11 is 0. The Morgan fingerprint density at radius 3 is 2.54 bits per heavy atom. The van der Waals surface area contributed by atoms with Gasteiger partial charge in [0.25, 0.3) is 0 Å². The predicted molar refractivity (Wildman–Crippen MR) is 104 cm³/mol. The van der Waals surface area contributed by atoms with Crippen molar-refractivity contribution in [2.45, 2.75) is 19.5 Å². The SMILES string of the molecule is COc1cc2c(cc1OC)-c1cc(NCc3ccc(F)cc3)nc(=O)n1CC2. The zero-order chi connectivity index (χ0) is 19.7. The summed E-state index contributed by atoms with van der Waals surface area (Å²) in [5.74, 6) is 1.47. The molecule has 28 heavy (non-hydrogen) atoms. The molecule has 6 nitrogen and oxygen atoms in total. The van der Waals surface area contributed by atoms with Crippen LogP contribution in [0.3, 0.4) is 0 Å². The molecule has 0 bridgehead atoms. The number of anilines is 1. The van der Waals surface area contributed by atoms with E-state index >= 15 is 0 Å². The third-order valence-corrected chi connectivity index (χ3v) is 4.89. The molecule has 0 amide bonds. The van der Waals surface area contributed by atoms with E-state index < -0.39 is 0 Å². The monoisotopic (exact) mass is 381 g/mol. The first-order valence-electron chi connectivity index (χ1n) is 8.94. The lowest BCUT2D eigenvalue weighted by molar-refractivity contribution is 0.354. The number of ether oxygens (including phenoxy) is 2. The average molecular weight is 381 g/mol. The summed E-state index contributed by atoms with van der Waals surface area (Å²) < 4.78 is 25.5. The van der Waals surface area contributed by atoms with Crippen LogP contribution in [0.1, 0.15) is 11.1 Å². The molecule has 3 aromatic rings. The lowest BCUT2D eigenvalue weighted by atomic mass is 9.97. The number of fused-ring (bicyclic) bond motifs is 3. The van der Waals surface area contributed by atoms with Crippen LogP contribution in [0.4, 0.5) is 10.2 Å². The van der Waals surface area contributed by atoms with Crippen LogP contribution in [0.15, 0.2) is 47.3 Å². The van der Waals surface area contributed by atoms with Crippen molar-refractivity contribution in [2.75, 3.05) is 19.5 Å². The molecule has 4 rings (SSSR count). The molecule has 2 aromatic carbocycles. The largest absolute Gasteiger partial charge is 0.493 e. The molecule has 0 spiro atoms. The number of benzene rings is 2. The first-order chi connectivity index (χ1) is 13.6. The number of halogens is 1. The van der Waals surface area contributed by atoms with Gasteiger partial charge in [0.1, 0.15) is 11.6 Å². The highest BCUT2D eigenvalue weighted by atomic mass is 19.1. The molecule has 0 saturated carbocycles. The highest BCUT2D eigenvalue weighted by Crippen LogP contribution is 2.38. The van der Waals surface area contributed by atoms with E-state index in [0.717, 1.165) is 22.4 Å². The molecule has 0 saturated heterocycles. The maximum absolute atomic E-state index is 13.1. The minimum absolute atomic E-state index is 0.283. The molecule has 144 valence electrons. The topological polar surface area (TPSA) is 65.4 Å². The van der Waals surface area contributed by atoms with Crippen molar-refractivity contribution in [1.29, 1.82) is 0 Å². The molecule has 1 aromatic heterocycles. The van der Waals surface area contributed by atoms with Gasteiger partial charge in [0.15, 0.2) is 11.5 Å². The van der Waals surface area contributed by atoms with Gasteiger partial charge in [-0.15, -0.1) is 0 Å².